The predicted octanol–water partition coefficient (Wildman–Crippen LogP) is 0.524. The van der Waals surface area contributed by atoms with Crippen LogP contribution in [0.4, 0.5) is 0 Å². The van der Waals surface area contributed by atoms with Crippen LogP contribution in [0, 0.1) is 5.92 Å². The Morgan fingerprint density at radius 1 is 1.25 bits per heavy atom. The van der Waals surface area contributed by atoms with E-state index in [2.05, 4.69) is 19.7 Å². The summed E-state index contributed by atoms with van der Waals surface area (Å²) in [5.74, 6) is 2.66. The summed E-state index contributed by atoms with van der Waals surface area (Å²) in [5.41, 5.74) is 0. The van der Waals surface area contributed by atoms with Crippen LogP contribution in [0.25, 0.3) is 0 Å². The molecule has 6 nitrogen and oxygen atoms in total. The number of carbonyl (C=O) groups excluding carboxylic acids is 1. The van der Waals surface area contributed by atoms with Crippen LogP contribution in [-0.2, 0) is 24.3 Å². The molecule has 3 rings (SSSR count). The lowest BCUT2D eigenvalue weighted by atomic mass is 9.84. The highest BCUT2D eigenvalue weighted by molar-refractivity contribution is 5.79. The molecule has 6 heteroatoms. The van der Waals surface area contributed by atoms with Crippen molar-refractivity contribution < 1.29 is 4.79 Å². The Morgan fingerprint density at radius 3 is 2.70 bits per heavy atom. The van der Waals surface area contributed by atoms with Gasteiger partial charge in [-0.1, -0.05) is 6.42 Å². The van der Waals surface area contributed by atoms with Crippen LogP contribution >= 0.6 is 0 Å². The summed E-state index contributed by atoms with van der Waals surface area (Å²) in [6.45, 7) is 3.20. The van der Waals surface area contributed by atoms with Gasteiger partial charge in [-0.2, -0.15) is 0 Å². The molecule has 110 valence electrons. The number of aromatic nitrogens is 3. The van der Waals surface area contributed by atoms with Crippen molar-refractivity contribution in [3.8, 4) is 0 Å². The van der Waals surface area contributed by atoms with Crippen molar-refractivity contribution in [2.24, 2.45) is 5.92 Å². The molecule has 0 aromatic carbocycles. The SMILES string of the molecule is CN(C)Cc1nnc2n1CCN(C(=O)C1CCC1)CC2. The van der Waals surface area contributed by atoms with Crippen molar-refractivity contribution in [1.29, 1.82) is 0 Å². The largest absolute Gasteiger partial charge is 0.340 e. The number of hydrogen-bond acceptors (Lipinski definition) is 4. The summed E-state index contributed by atoms with van der Waals surface area (Å²) in [4.78, 5) is 16.5. The zero-order valence-electron chi connectivity index (χ0n) is 12.4. The summed E-state index contributed by atoms with van der Waals surface area (Å²) < 4.78 is 2.19. The molecule has 0 saturated heterocycles. The molecule has 0 unspecified atom stereocenters. The molecule has 1 aliphatic heterocycles. The molecule has 1 saturated carbocycles. The number of amides is 1. The summed E-state index contributed by atoms with van der Waals surface area (Å²) in [7, 11) is 4.06. The van der Waals surface area contributed by atoms with E-state index < -0.39 is 0 Å². The molecule has 0 N–H and O–H groups in total. The van der Waals surface area contributed by atoms with E-state index in [1.807, 2.05) is 19.0 Å². The highest BCUT2D eigenvalue weighted by Gasteiger charge is 2.30. The molecule has 0 radical (unpaired) electrons. The lowest BCUT2D eigenvalue weighted by molar-refractivity contribution is -0.138. The van der Waals surface area contributed by atoms with E-state index in [1.165, 1.54) is 6.42 Å². The number of hydrogen-bond donors (Lipinski definition) is 0. The third-order valence-electron chi connectivity index (χ3n) is 4.33. The van der Waals surface area contributed by atoms with Gasteiger partial charge in [0.2, 0.25) is 5.91 Å². The molecule has 0 bridgehead atoms. The average molecular weight is 277 g/mol. The van der Waals surface area contributed by atoms with E-state index in [0.717, 1.165) is 57.1 Å². The maximum absolute atomic E-state index is 12.3. The van der Waals surface area contributed by atoms with Crippen molar-refractivity contribution in [3.63, 3.8) is 0 Å². The zero-order chi connectivity index (χ0) is 14.1. The van der Waals surface area contributed by atoms with Gasteiger partial charge in [0.05, 0.1) is 6.54 Å². The van der Waals surface area contributed by atoms with Crippen LogP contribution in [0.3, 0.4) is 0 Å². The number of fused-ring (bicyclic) bond motifs is 1. The van der Waals surface area contributed by atoms with E-state index in [-0.39, 0.29) is 0 Å². The van der Waals surface area contributed by atoms with Gasteiger partial charge >= 0.3 is 0 Å². The predicted molar refractivity (Wildman–Crippen MR) is 75.0 cm³/mol. The van der Waals surface area contributed by atoms with Crippen molar-refractivity contribution in [1.82, 2.24) is 24.6 Å². The normalized spacial score (nSPS) is 19.6. The van der Waals surface area contributed by atoms with Gasteiger partial charge in [0.1, 0.15) is 11.6 Å². The second kappa shape index (κ2) is 5.52. The molecule has 1 aromatic heterocycles. The third-order valence-corrected chi connectivity index (χ3v) is 4.33. The second-order valence-corrected chi connectivity index (χ2v) is 6.12. The van der Waals surface area contributed by atoms with Gasteiger partial charge in [-0.15, -0.1) is 10.2 Å². The first-order valence-electron chi connectivity index (χ1n) is 7.49. The Bertz CT molecular complexity index is 492. The molecular formula is C14H23N5O. The Hall–Kier alpha value is -1.43. The fraction of sp³-hybridized carbons (Fsp3) is 0.786. The minimum absolute atomic E-state index is 0.291. The van der Waals surface area contributed by atoms with Crippen LogP contribution in [0.2, 0.25) is 0 Å². The van der Waals surface area contributed by atoms with Crippen LogP contribution in [-0.4, -0.2) is 57.7 Å². The standard InChI is InChI=1S/C14H23N5O/c1-17(2)10-13-16-15-12-6-7-18(8-9-19(12)13)14(20)11-4-3-5-11/h11H,3-10H2,1-2H3. The zero-order valence-corrected chi connectivity index (χ0v) is 12.4. The minimum atomic E-state index is 0.291. The third kappa shape index (κ3) is 2.57. The van der Waals surface area contributed by atoms with E-state index in [4.69, 9.17) is 0 Å². The molecule has 1 aliphatic carbocycles. The highest BCUT2D eigenvalue weighted by Crippen LogP contribution is 2.28. The first kappa shape index (κ1) is 13.5. The summed E-state index contributed by atoms with van der Waals surface area (Å²) in [6, 6.07) is 0. The number of carbonyl (C=O) groups is 1. The Kier molecular flexibility index (Phi) is 3.74. The second-order valence-electron chi connectivity index (χ2n) is 6.12. The topological polar surface area (TPSA) is 54.3 Å². The van der Waals surface area contributed by atoms with Crippen molar-refractivity contribution >= 4 is 5.91 Å². The first-order valence-corrected chi connectivity index (χ1v) is 7.49. The summed E-state index contributed by atoms with van der Waals surface area (Å²) in [6.07, 6.45) is 4.18. The monoisotopic (exact) mass is 277 g/mol. The van der Waals surface area contributed by atoms with Gasteiger partial charge in [-0.3, -0.25) is 4.79 Å². The summed E-state index contributed by atoms with van der Waals surface area (Å²) in [5, 5.41) is 8.57. The van der Waals surface area contributed by atoms with E-state index >= 15 is 0 Å². The Labute approximate surface area is 119 Å². The highest BCUT2D eigenvalue weighted by atomic mass is 16.2. The summed E-state index contributed by atoms with van der Waals surface area (Å²) >= 11 is 0. The average Bonchev–Trinajstić information content (AvgIpc) is 2.57. The number of rotatable bonds is 3. The Balaban J connectivity index is 1.68. The van der Waals surface area contributed by atoms with Gasteiger partial charge in [-0.05, 0) is 26.9 Å². The number of nitrogens with zero attached hydrogens (tertiary/aromatic N) is 5. The molecule has 1 fully saturated rings. The first-order chi connectivity index (χ1) is 9.65. The lowest BCUT2D eigenvalue weighted by Gasteiger charge is -2.30. The molecule has 1 amide bonds. The molecule has 20 heavy (non-hydrogen) atoms. The van der Waals surface area contributed by atoms with Gasteiger partial charge in [-0.25, -0.2) is 0 Å². The van der Waals surface area contributed by atoms with E-state index in [1.54, 1.807) is 0 Å². The molecule has 0 spiro atoms. The Morgan fingerprint density at radius 2 is 2.05 bits per heavy atom. The maximum Gasteiger partial charge on any atom is 0.225 e. The van der Waals surface area contributed by atoms with Gasteiger partial charge in [0.25, 0.3) is 0 Å². The molecule has 2 aliphatic rings. The molecule has 2 heterocycles. The van der Waals surface area contributed by atoms with Crippen LogP contribution < -0.4 is 0 Å². The lowest BCUT2D eigenvalue weighted by Crippen LogP contribution is -2.40. The quantitative estimate of drug-likeness (QED) is 0.808. The molecule has 1 aromatic rings. The van der Waals surface area contributed by atoms with E-state index in [0.29, 0.717) is 11.8 Å². The van der Waals surface area contributed by atoms with E-state index in [9.17, 15) is 4.79 Å². The fourth-order valence-electron chi connectivity index (χ4n) is 2.92. The molecule has 0 atom stereocenters. The fourth-order valence-corrected chi connectivity index (χ4v) is 2.92. The molecular weight excluding hydrogens is 254 g/mol. The van der Waals surface area contributed by atoms with Gasteiger partial charge < -0.3 is 14.4 Å². The minimum Gasteiger partial charge on any atom is -0.340 e. The van der Waals surface area contributed by atoms with Crippen LogP contribution in [0.15, 0.2) is 0 Å². The smallest absolute Gasteiger partial charge is 0.225 e. The van der Waals surface area contributed by atoms with Crippen LogP contribution in [0.1, 0.15) is 30.9 Å². The maximum atomic E-state index is 12.3. The van der Waals surface area contributed by atoms with Crippen molar-refractivity contribution in [2.75, 3.05) is 27.2 Å². The van der Waals surface area contributed by atoms with Gasteiger partial charge in [0, 0.05) is 32.0 Å². The van der Waals surface area contributed by atoms with Crippen LogP contribution in [0.5, 0.6) is 0 Å². The van der Waals surface area contributed by atoms with Crippen molar-refractivity contribution in [2.45, 2.75) is 38.8 Å². The van der Waals surface area contributed by atoms with Crippen molar-refractivity contribution in [3.05, 3.63) is 11.6 Å². The van der Waals surface area contributed by atoms with Gasteiger partial charge in [0.15, 0.2) is 0 Å².